The van der Waals surface area contributed by atoms with Gasteiger partial charge in [0.15, 0.2) is 5.96 Å². The summed E-state index contributed by atoms with van der Waals surface area (Å²) in [6, 6.07) is 0. The Balaban J connectivity index is 1.69. The zero-order chi connectivity index (χ0) is 14.9. The summed E-state index contributed by atoms with van der Waals surface area (Å²) in [7, 11) is 1.81. The van der Waals surface area contributed by atoms with Crippen molar-refractivity contribution in [3.63, 3.8) is 0 Å². The third-order valence-electron chi connectivity index (χ3n) is 3.69. The quantitative estimate of drug-likeness (QED) is 0.482. The first kappa shape index (κ1) is 16.0. The highest BCUT2D eigenvalue weighted by molar-refractivity contribution is 7.09. The molecule has 5 heteroatoms. The fourth-order valence-electron chi connectivity index (χ4n) is 2.46. The van der Waals surface area contributed by atoms with Gasteiger partial charge in [0.25, 0.3) is 0 Å². The van der Waals surface area contributed by atoms with E-state index >= 15 is 0 Å². The fourth-order valence-corrected chi connectivity index (χ4v) is 3.21. The average molecular weight is 306 g/mol. The van der Waals surface area contributed by atoms with Gasteiger partial charge >= 0.3 is 0 Å². The van der Waals surface area contributed by atoms with Crippen LogP contribution in [0.25, 0.3) is 0 Å². The molecular weight excluding hydrogens is 280 g/mol. The van der Waals surface area contributed by atoms with Crippen LogP contribution in [-0.4, -0.2) is 24.5 Å². The summed E-state index contributed by atoms with van der Waals surface area (Å²) >= 11 is 1.73. The fraction of sp³-hybridized carbons (Fsp3) is 0.625. The number of hydrogen-bond acceptors (Lipinski definition) is 3. The molecule has 0 saturated heterocycles. The van der Waals surface area contributed by atoms with Crippen molar-refractivity contribution in [2.75, 3.05) is 13.6 Å². The molecule has 0 atom stereocenters. The maximum Gasteiger partial charge on any atom is 0.191 e. The summed E-state index contributed by atoms with van der Waals surface area (Å²) in [6.07, 6.45) is 9.77. The zero-order valence-electron chi connectivity index (χ0n) is 13.1. The van der Waals surface area contributed by atoms with Gasteiger partial charge in [-0.1, -0.05) is 18.6 Å². The summed E-state index contributed by atoms with van der Waals surface area (Å²) in [5.74, 6) is 0.859. The van der Waals surface area contributed by atoms with Crippen LogP contribution in [0, 0.1) is 0 Å². The van der Waals surface area contributed by atoms with E-state index in [0.29, 0.717) is 0 Å². The number of allylic oxidation sites excluding steroid dienone is 1. The molecule has 1 aliphatic rings. The lowest BCUT2D eigenvalue weighted by Crippen LogP contribution is -2.37. The molecule has 1 aromatic rings. The van der Waals surface area contributed by atoms with E-state index in [1.54, 1.807) is 16.9 Å². The second-order valence-electron chi connectivity index (χ2n) is 5.30. The highest BCUT2D eigenvalue weighted by atomic mass is 32.1. The van der Waals surface area contributed by atoms with Crippen molar-refractivity contribution < 1.29 is 0 Å². The van der Waals surface area contributed by atoms with Crippen LogP contribution in [-0.2, 0) is 13.0 Å². The van der Waals surface area contributed by atoms with E-state index in [4.69, 9.17) is 0 Å². The first-order chi connectivity index (χ1) is 10.3. The van der Waals surface area contributed by atoms with Crippen LogP contribution >= 0.6 is 11.3 Å². The molecule has 1 aromatic heterocycles. The minimum atomic E-state index is 0.735. The smallest absolute Gasteiger partial charge is 0.191 e. The van der Waals surface area contributed by atoms with Gasteiger partial charge in [0.05, 0.1) is 17.2 Å². The van der Waals surface area contributed by atoms with E-state index in [1.165, 1.54) is 30.7 Å². The van der Waals surface area contributed by atoms with E-state index in [-0.39, 0.29) is 0 Å². The number of aliphatic imine (C=N–C) groups is 1. The number of guanidine groups is 1. The van der Waals surface area contributed by atoms with E-state index in [0.717, 1.165) is 37.6 Å². The molecule has 0 amide bonds. The monoisotopic (exact) mass is 306 g/mol. The Kier molecular flexibility index (Phi) is 6.73. The standard InChI is InChI=1S/C16H26N4S/c1-3-15-20-14(12-21-15)11-19-16(17-2)18-10-9-13-7-5-4-6-8-13/h7,12H,3-6,8-11H2,1-2H3,(H2,17,18,19). The molecule has 0 aliphatic heterocycles. The second kappa shape index (κ2) is 8.82. The van der Waals surface area contributed by atoms with Crippen LogP contribution < -0.4 is 10.6 Å². The Morgan fingerprint density at radius 3 is 2.95 bits per heavy atom. The minimum absolute atomic E-state index is 0.735. The Morgan fingerprint density at radius 1 is 1.38 bits per heavy atom. The number of aromatic nitrogens is 1. The van der Waals surface area contributed by atoms with E-state index in [1.807, 2.05) is 7.05 Å². The Labute approximate surface area is 131 Å². The molecule has 0 radical (unpaired) electrons. The molecule has 116 valence electrons. The average Bonchev–Trinajstić information content (AvgIpc) is 3.00. The number of thiazole rings is 1. The van der Waals surface area contributed by atoms with Gasteiger partial charge in [-0.15, -0.1) is 11.3 Å². The lowest BCUT2D eigenvalue weighted by molar-refractivity contribution is 0.665. The van der Waals surface area contributed by atoms with Crippen LogP contribution in [0.5, 0.6) is 0 Å². The molecule has 0 bridgehead atoms. The summed E-state index contributed by atoms with van der Waals surface area (Å²) < 4.78 is 0. The van der Waals surface area contributed by atoms with Crippen molar-refractivity contribution >= 4 is 17.3 Å². The first-order valence-electron chi connectivity index (χ1n) is 7.87. The normalized spacial score (nSPS) is 15.7. The molecule has 4 nitrogen and oxygen atoms in total. The van der Waals surface area contributed by atoms with Crippen molar-refractivity contribution in [2.24, 2.45) is 4.99 Å². The molecule has 21 heavy (non-hydrogen) atoms. The number of aryl methyl sites for hydroxylation is 1. The van der Waals surface area contributed by atoms with Crippen molar-refractivity contribution in [2.45, 2.75) is 52.0 Å². The Bertz CT molecular complexity index is 490. The number of hydrogen-bond donors (Lipinski definition) is 2. The lowest BCUT2D eigenvalue weighted by atomic mass is 9.97. The third kappa shape index (κ3) is 5.50. The van der Waals surface area contributed by atoms with Crippen molar-refractivity contribution in [3.05, 3.63) is 27.7 Å². The van der Waals surface area contributed by atoms with Gasteiger partial charge in [0, 0.05) is 19.0 Å². The Hall–Kier alpha value is -1.36. The molecule has 0 saturated carbocycles. The third-order valence-corrected chi connectivity index (χ3v) is 4.73. The van der Waals surface area contributed by atoms with Crippen LogP contribution in [0.15, 0.2) is 22.0 Å². The SMILES string of the molecule is CCc1nc(CNC(=NC)NCCC2=CCCCC2)cs1. The molecule has 0 unspecified atom stereocenters. The molecule has 1 heterocycles. The van der Waals surface area contributed by atoms with Gasteiger partial charge in [0.1, 0.15) is 0 Å². The predicted octanol–water partition coefficient (Wildman–Crippen LogP) is 3.26. The molecule has 0 fully saturated rings. The molecule has 2 N–H and O–H groups in total. The van der Waals surface area contributed by atoms with Crippen molar-refractivity contribution in [1.29, 1.82) is 0 Å². The number of nitrogens with one attached hydrogen (secondary N) is 2. The van der Waals surface area contributed by atoms with Gasteiger partial charge in [-0.05, 0) is 38.5 Å². The van der Waals surface area contributed by atoms with E-state index in [2.05, 4.69) is 39.0 Å². The predicted molar refractivity (Wildman–Crippen MR) is 90.9 cm³/mol. The van der Waals surface area contributed by atoms with Crippen molar-refractivity contribution in [3.8, 4) is 0 Å². The summed E-state index contributed by atoms with van der Waals surface area (Å²) in [6.45, 7) is 3.82. The van der Waals surface area contributed by atoms with Crippen LogP contribution in [0.2, 0.25) is 0 Å². The molecule has 0 aromatic carbocycles. The highest BCUT2D eigenvalue weighted by Crippen LogP contribution is 2.19. The molecule has 1 aliphatic carbocycles. The maximum atomic E-state index is 4.55. The number of nitrogens with zero attached hydrogens (tertiary/aromatic N) is 2. The minimum Gasteiger partial charge on any atom is -0.356 e. The largest absolute Gasteiger partial charge is 0.356 e. The number of rotatable bonds is 6. The topological polar surface area (TPSA) is 49.3 Å². The van der Waals surface area contributed by atoms with Crippen LogP contribution in [0.4, 0.5) is 0 Å². The second-order valence-corrected chi connectivity index (χ2v) is 6.24. The van der Waals surface area contributed by atoms with E-state index in [9.17, 15) is 0 Å². The van der Waals surface area contributed by atoms with Crippen LogP contribution in [0.1, 0.15) is 49.7 Å². The van der Waals surface area contributed by atoms with Gasteiger partial charge < -0.3 is 10.6 Å². The summed E-state index contributed by atoms with van der Waals surface area (Å²) in [5, 5.41) is 10.0. The van der Waals surface area contributed by atoms with Crippen LogP contribution in [0.3, 0.4) is 0 Å². The van der Waals surface area contributed by atoms with Crippen molar-refractivity contribution in [1.82, 2.24) is 15.6 Å². The molecular formula is C16H26N4S. The maximum absolute atomic E-state index is 4.55. The van der Waals surface area contributed by atoms with E-state index < -0.39 is 0 Å². The molecule has 2 rings (SSSR count). The van der Waals surface area contributed by atoms with Gasteiger partial charge in [-0.2, -0.15) is 0 Å². The van der Waals surface area contributed by atoms with Gasteiger partial charge in [-0.3, -0.25) is 4.99 Å². The zero-order valence-corrected chi connectivity index (χ0v) is 13.9. The summed E-state index contributed by atoms with van der Waals surface area (Å²) in [5.41, 5.74) is 2.69. The summed E-state index contributed by atoms with van der Waals surface area (Å²) in [4.78, 5) is 8.82. The Morgan fingerprint density at radius 2 is 2.29 bits per heavy atom. The van der Waals surface area contributed by atoms with Gasteiger partial charge in [-0.25, -0.2) is 4.98 Å². The lowest BCUT2D eigenvalue weighted by Gasteiger charge is -2.14. The molecule has 0 spiro atoms. The van der Waals surface area contributed by atoms with Gasteiger partial charge in [0.2, 0.25) is 0 Å². The highest BCUT2D eigenvalue weighted by Gasteiger charge is 2.05. The first-order valence-corrected chi connectivity index (χ1v) is 8.75.